The molecule has 20 heavy (non-hydrogen) atoms. The number of methoxy groups -OCH3 is 1. The van der Waals surface area contributed by atoms with Crippen LogP contribution in [-0.2, 0) is 9.53 Å². The lowest BCUT2D eigenvalue weighted by Crippen LogP contribution is -2.45. The van der Waals surface area contributed by atoms with Gasteiger partial charge in [-0.3, -0.25) is 4.79 Å². The number of carbonyl (C=O) groups is 2. The van der Waals surface area contributed by atoms with Gasteiger partial charge in [0.05, 0.1) is 7.11 Å². The van der Waals surface area contributed by atoms with Crippen molar-refractivity contribution in [2.75, 3.05) is 12.8 Å². The van der Waals surface area contributed by atoms with Crippen molar-refractivity contribution >= 4 is 30.0 Å². The number of nitrogens with two attached hydrogens (primary N) is 1. The van der Waals surface area contributed by atoms with Crippen molar-refractivity contribution in [2.45, 2.75) is 26.8 Å². The van der Waals surface area contributed by atoms with Gasteiger partial charge in [0.15, 0.2) is 0 Å². The Bertz CT molecular complexity index is 489. The molecule has 0 aliphatic carbocycles. The molecule has 0 aliphatic rings. The van der Waals surface area contributed by atoms with Gasteiger partial charge in [-0.25, -0.2) is 4.79 Å². The largest absolute Gasteiger partial charge is 0.467 e. The van der Waals surface area contributed by atoms with Gasteiger partial charge in [0, 0.05) is 11.3 Å². The summed E-state index contributed by atoms with van der Waals surface area (Å²) < 4.78 is 4.69. The highest BCUT2D eigenvalue weighted by Crippen LogP contribution is 2.14. The molecule has 0 saturated carbocycles. The number of hydrogen-bond acceptors (Lipinski definition) is 4. The Balaban J connectivity index is 0.00000361. The van der Waals surface area contributed by atoms with Gasteiger partial charge in [-0.1, -0.05) is 19.9 Å². The number of benzene rings is 1. The summed E-state index contributed by atoms with van der Waals surface area (Å²) in [6, 6.07) is 4.43. The average molecular weight is 301 g/mol. The average Bonchev–Trinajstić information content (AvgIpc) is 2.37. The van der Waals surface area contributed by atoms with Crippen molar-refractivity contribution in [3.05, 3.63) is 29.3 Å². The summed E-state index contributed by atoms with van der Waals surface area (Å²) in [5.41, 5.74) is 7.45. The van der Waals surface area contributed by atoms with E-state index in [1.165, 1.54) is 7.11 Å². The summed E-state index contributed by atoms with van der Waals surface area (Å²) in [7, 11) is 1.30. The first-order valence-corrected chi connectivity index (χ1v) is 6.11. The maximum Gasteiger partial charge on any atom is 0.328 e. The molecule has 0 spiro atoms. The van der Waals surface area contributed by atoms with E-state index in [9.17, 15) is 9.59 Å². The first-order valence-electron chi connectivity index (χ1n) is 6.11. The molecule has 112 valence electrons. The van der Waals surface area contributed by atoms with Crippen LogP contribution in [0.25, 0.3) is 0 Å². The fraction of sp³-hybridized carbons (Fsp3) is 0.429. The molecular formula is C14H21ClN2O3. The molecule has 1 amide bonds. The van der Waals surface area contributed by atoms with Gasteiger partial charge >= 0.3 is 5.97 Å². The van der Waals surface area contributed by atoms with Gasteiger partial charge in [-0.15, -0.1) is 12.4 Å². The van der Waals surface area contributed by atoms with Crippen LogP contribution in [0.15, 0.2) is 18.2 Å². The van der Waals surface area contributed by atoms with Crippen molar-refractivity contribution in [1.29, 1.82) is 0 Å². The molecule has 0 saturated heterocycles. The minimum Gasteiger partial charge on any atom is -0.467 e. The maximum atomic E-state index is 12.2. The fourth-order valence-electron chi connectivity index (χ4n) is 1.73. The van der Waals surface area contributed by atoms with Crippen molar-refractivity contribution in [1.82, 2.24) is 5.32 Å². The summed E-state index contributed by atoms with van der Waals surface area (Å²) in [5, 5.41) is 2.68. The van der Waals surface area contributed by atoms with Gasteiger partial charge in [-0.2, -0.15) is 0 Å². The molecule has 1 aromatic rings. The van der Waals surface area contributed by atoms with Crippen molar-refractivity contribution in [2.24, 2.45) is 5.92 Å². The van der Waals surface area contributed by atoms with Crippen LogP contribution in [0.5, 0.6) is 0 Å². The Morgan fingerprint density at radius 2 is 1.90 bits per heavy atom. The molecule has 1 aromatic carbocycles. The van der Waals surface area contributed by atoms with Crippen LogP contribution in [0.1, 0.15) is 29.8 Å². The first-order chi connectivity index (χ1) is 8.86. The third-order valence-electron chi connectivity index (χ3n) is 2.91. The number of nitrogen functional groups attached to an aromatic ring is 1. The highest BCUT2D eigenvalue weighted by molar-refractivity contribution is 5.98. The quantitative estimate of drug-likeness (QED) is 0.657. The number of aryl methyl sites for hydroxylation is 1. The highest BCUT2D eigenvalue weighted by Gasteiger charge is 2.25. The number of carbonyl (C=O) groups excluding carboxylic acids is 2. The SMILES string of the molecule is COC(=O)C(NC(=O)c1cc(N)ccc1C)C(C)C.Cl. The summed E-state index contributed by atoms with van der Waals surface area (Å²) in [5.74, 6) is -0.837. The molecule has 0 heterocycles. The van der Waals surface area contributed by atoms with Gasteiger partial charge in [0.2, 0.25) is 0 Å². The molecule has 0 radical (unpaired) electrons. The molecule has 3 N–H and O–H groups in total. The van der Waals surface area contributed by atoms with Gasteiger partial charge in [0.25, 0.3) is 5.91 Å². The summed E-state index contributed by atoms with van der Waals surface area (Å²) in [6.45, 7) is 5.50. The predicted octanol–water partition coefficient (Wildman–Crippen LogP) is 1.93. The van der Waals surface area contributed by atoms with Crippen molar-refractivity contribution in [3.8, 4) is 0 Å². The zero-order chi connectivity index (χ0) is 14.6. The Morgan fingerprint density at radius 1 is 1.30 bits per heavy atom. The first kappa shape index (κ1) is 18.2. The van der Waals surface area contributed by atoms with Gasteiger partial charge in [0.1, 0.15) is 6.04 Å². The normalized spacial score (nSPS) is 11.4. The number of amides is 1. The number of hydrogen-bond donors (Lipinski definition) is 2. The molecule has 0 aliphatic heterocycles. The van der Waals surface area contributed by atoms with E-state index in [4.69, 9.17) is 5.73 Å². The molecule has 0 bridgehead atoms. The smallest absolute Gasteiger partial charge is 0.328 e. The second-order valence-corrected chi connectivity index (χ2v) is 4.79. The second kappa shape index (κ2) is 7.75. The molecular weight excluding hydrogens is 280 g/mol. The van der Waals surface area contributed by atoms with E-state index in [2.05, 4.69) is 10.1 Å². The third kappa shape index (κ3) is 4.42. The van der Waals surface area contributed by atoms with E-state index in [0.717, 1.165) is 5.56 Å². The summed E-state index contributed by atoms with van der Waals surface area (Å²) in [4.78, 5) is 23.8. The van der Waals surface area contributed by atoms with Crippen molar-refractivity contribution < 1.29 is 14.3 Å². The van der Waals surface area contributed by atoms with Crippen LogP contribution in [0, 0.1) is 12.8 Å². The summed E-state index contributed by atoms with van der Waals surface area (Å²) in [6.07, 6.45) is 0. The molecule has 5 nitrogen and oxygen atoms in total. The number of ether oxygens (including phenoxy) is 1. The molecule has 0 aromatic heterocycles. The number of halogens is 1. The zero-order valence-electron chi connectivity index (χ0n) is 12.1. The molecule has 1 unspecified atom stereocenters. The van der Waals surface area contributed by atoms with E-state index in [-0.39, 0.29) is 24.2 Å². The molecule has 0 fully saturated rings. The van der Waals surface area contributed by atoms with Crippen LogP contribution in [0.4, 0.5) is 5.69 Å². The van der Waals surface area contributed by atoms with Crippen LogP contribution < -0.4 is 11.1 Å². The van der Waals surface area contributed by atoms with E-state index in [0.29, 0.717) is 11.3 Å². The lowest BCUT2D eigenvalue weighted by molar-refractivity contribution is -0.144. The van der Waals surface area contributed by atoms with E-state index < -0.39 is 12.0 Å². The minimum atomic E-state index is -0.668. The van der Waals surface area contributed by atoms with E-state index >= 15 is 0 Å². The number of esters is 1. The fourth-order valence-corrected chi connectivity index (χ4v) is 1.73. The zero-order valence-corrected chi connectivity index (χ0v) is 12.9. The summed E-state index contributed by atoms with van der Waals surface area (Å²) >= 11 is 0. The number of rotatable bonds is 4. The number of nitrogens with one attached hydrogen (secondary N) is 1. The second-order valence-electron chi connectivity index (χ2n) is 4.79. The Morgan fingerprint density at radius 3 is 2.40 bits per heavy atom. The maximum absolute atomic E-state index is 12.2. The highest BCUT2D eigenvalue weighted by atomic mass is 35.5. The lowest BCUT2D eigenvalue weighted by Gasteiger charge is -2.20. The number of anilines is 1. The molecule has 1 rings (SSSR count). The monoisotopic (exact) mass is 300 g/mol. The van der Waals surface area contributed by atoms with Crippen LogP contribution >= 0.6 is 12.4 Å². The standard InChI is InChI=1S/C14H20N2O3.ClH/c1-8(2)12(14(18)19-4)16-13(17)11-7-10(15)6-5-9(11)3;/h5-8,12H,15H2,1-4H3,(H,16,17);1H. The van der Waals surface area contributed by atoms with Crippen LogP contribution in [-0.4, -0.2) is 25.0 Å². The van der Waals surface area contributed by atoms with Gasteiger partial charge in [-0.05, 0) is 30.5 Å². The Labute approximate surface area is 125 Å². The van der Waals surface area contributed by atoms with Crippen LogP contribution in [0.3, 0.4) is 0 Å². The lowest BCUT2D eigenvalue weighted by atomic mass is 10.0. The van der Waals surface area contributed by atoms with E-state index in [1.54, 1.807) is 18.2 Å². The molecule has 1 atom stereocenters. The van der Waals surface area contributed by atoms with Crippen molar-refractivity contribution in [3.63, 3.8) is 0 Å². The molecule has 6 heteroatoms. The predicted molar refractivity (Wildman–Crippen MR) is 80.9 cm³/mol. The van der Waals surface area contributed by atoms with Gasteiger partial charge < -0.3 is 15.8 Å². The Hall–Kier alpha value is -1.75. The van der Waals surface area contributed by atoms with E-state index in [1.807, 2.05) is 20.8 Å². The van der Waals surface area contributed by atoms with Crippen LogP contribution in [0.2, 0.25) is 0 Å². The minimum absolute atomic E-state index is 0. The topological polar surface area (TPSA) is 81.4 Å². The third-order valence-corrected chi connectivity index (χ3v) is 2.91. The Kier molecular flexibility index (Phi) is 7.07.